The molecule has 30 heavy (non-hydrogen) atoms. The predicted octanol–water partition coefficient (Wildman–Crippen LogP) is 1.36. The molecule has 1 aromatic rings. The zero-order valence-electron chi connectivity index (χ0n) is 17.6. The van der Waals surface area contributed by atoms with E-state index in [0.29, 0.717) is 29.5 Å². The van der Waals surface area contributed by atoms with Crippen molar-refractivity contribution in [3.8, 4) is 6.07 Å². The number of piperidine rings is 2. The highest BCUT2D eigenvalue weighted by Crippen LogP contribution is 2.39. The van der Waals surface area contributed by atoms with Crippen LogP contribution in [-0.2, 0) is 4.79 Å². The van der Waals surface area contributed by atoms with Crippen LogP contribution in [0.5, 0.6) is 0 Å². The molecule has 0 bridgehead atoms. The van der Waals surface area contributed by atoms with Crippen LogP contribution in [0.4, 0.5) is 5.82 Å². The number of carbonyl (C=O) groups is 1. The number of amides is 1. The van der Waals surface area contributed by atoms with Crippen molar-refractivity contribution in [1.29, 1.82) is 5.26 Å². The fourth-order valence-electron chi connectivity index (χ4n) is 6.23. The highest BCUT2D eigenvalue weighted by molar-refractivity contribution is 5.81. The van der Waals surface area contributed by atoms with Gasteiger partial charge in [0.1, 0.15) is 11.9 Å². The van der Waals surface area contributed by atoms with E-state index in [1.165, 1.54) is 12.8 Å². The number of anilines is 1. The smallest absolute Gasteiger partial charge is 0.224 e. The lowest BCUT2D eigenvalue weighted by Gasteiger charge is -2.50. The standard InChI is InChI=1S/C23H32N6O/c24-14-17-3-1-8-26-22(17)29-11-9-28(10-12-29)15-16-5-6-18-20(13-16)27-23(30)19-4-2-7-25-21(18)19/h1,3,8,16,18-21,25H,2,4-7,9-13,15H2,(H,27,30). The summed E-state index contributed by atoms with van der Waals surface area (Å²) in [4.78, 5) is 21.8. The molecule has 5 atom stereocenters. The highest BCUT2D eigenvalue weighted by Gasteiger charge is 2.47. The number of fused-ring (bicyclic) bond motifs is 3. The molecule has 0 aromatic carbocycles. The van der Waals surface area contributed by atoms with Crippen LogP contribution in [0.25, 0.3) is 0 Å². The zero-order valence-corrected chi connectivity index (χ0v) is 17.6. The predicted molar refractivity (Wildman–Crippen MR) is 115 cm³/mol. The van der Waals surface area contributed by atoms with Gasteiger partial charge in [-0.25, -0.2) is 4.98 Å². The third-order valence-electron chi connectivity index (χ3n) is 7.74. The van der Waals surface area contributed by atoms with E-state index in [1.54, 1.807) is 6.20 Å². The molecule has 2 N–H and O–H groups in total. The maximum absolute atomic E-state index is 12.6. The van der Waals surface area contributed by atoms with Gasteiger partial charge < -0.3 is 15.5 Å². The molecule has 4 heterocycles. The van der Waals surface area contributed by atoms with Gasteiger partial charge in [-0.15, -0.1) is 0 Å². The SMILES string of the molecule is N#Cc1cccnc1N1CCN(CC2CCC3C(C2)NC(=O)C2CCCNC23)CC1. The second-order valence-corrected chi connectivity index (χ2v) is 9.46. The number of pyridine rings is 1. The first-order chi connectivity index (χ1) is 14.7. The van der Waals surface area contributed by atoms with Crippen LogP contribution in [0.3, 0.4) is 0 Å². The van der Waals surface area contributed by atoms with Crippen LogP contribution < -0.4 is 15.5 Å². The summed E-state index contributed by atoms with van der Waals surface area (Å²) in [5.41, 5.74) is 0.659. The quantitative estimate of drug-likeness (QED) is 0.786. The van der Waals surface area contributed by atoms with E-state index in [0.717, 1.165) is 64.3 Å². The van der Waals surface area contributed by atoms with Gasteiger partial charge in [-0.2, -0.15) is 5.26 Å². The summed E-state index contributed by atoms with van der Waals surface area (Å²) in [5, 5.41) is 16.4. The Labute approximate surface area is 178 Å². The molecular formula is C23H32N6O. The Bertz CT molecular complexity index is 814. The number of rotatable bonds is 3. The molecule has 1 aliphatic carbocycles. The minimum absolute atomic E-state index is 0.189. The van der Waals surface area contributed by atoms with E-state index in [9.17, 15) is 10.1 Å². The molecule has 1 aromatic heterocycles. The number of nitrogens with zero attached hydrogens (tertiary/aromatic N) is 4. The van der Waals surface area contributed by atoms with Crippen molar-refractivity contribution in [1.82, 2.24) is 20.5 Å². The summed E-state index contributed by atoms with van der Waals surface area (Å²) < 4.78 is 0. The monoisotopic (exact) mass is 408 g/mol. The maximum atomic E-state index is 12.6. The van der Waals surface area contributed by atoms with Crippen molar-refractivity contribution in [2.24, 2.45) is 17.8 Å². The van der Waals surface area contributed by atoms with E-state index < -0.39 is 0 Å². The molecule has 7 heteroatoms. The number of carbonyl (C=O) groups excluding carboxylic acids is 1. The van der Waals surface area contributed by atoms with Crippen molar-refractivity contribution in [2.45, 2.75) is 44.2 Å². The van der Waals surface area contributed by atoms with Crippen LogP contribution >= 0.6 is 0 Å². The third kappa shape index (κ3) is 3.79. The molecule has 4 aliphatic rings. The number of hydrogen-bond acceptors (Lipinski definition) is 6. The number of piperazine rings is 1. The minimum atomic E-state index is 0.189. The summed E-state index contributed by atoms with van der Waals surface area (Å²) >= 11 is 0. The van der Waals surface area contributed by atoms with Crippen LogP contribution in [0.15, 0.2) is 18.3 Å². The average molecular weight is 409 g/mol. The van der Waals surface area contributed by atoms with Crippen LogP contribution in [-0.4, -0.2) is 67.1 Å². The van der Waals surface area contributed by atoms with Gasteiger partial charge in [0, 0.05) is 51.0 Å². The molecule has 7 nitrogen and oxygen atoms in total. The lowest BCUT2D eigenvalue weighted by Crippen LogP contribution is -2.64. The second kappa shape index (κ2) is 8.52. The molecule has 3 saturated heterocycles. The van der Waals surface area contributed by atoms with Crippen LogP contribution in [0.2, 0.25) is 0 Å². The lowest BCUT2D eigenvalue weighted by atomic mass is 9.67. The van der Waals surface area contributed by atoms with E-state index in [2.05, 4.69) is 31.5 Å². The van der Waals surface area contributed by atoms with Gasteiger partial charge >= 0.3 is 0 Å². The van der Waals surface area contributed by atoms with Gasteiger partial charge in [-0.05, 0) is 62.6 Å². The van der Waals surface area contributed by atoms with Crippen molar-refractivity contribution in [2.75, 3.05) is 44.2 Å². The van der Waals surface area contributed by atoms with Crippen molar-refractivity contribution in [3.63, 3.8) is 0 Å². The molecule has 5 unspecified atom stereocenters. The average Bonchev–Trinajstić information content (AvgIpc) is 2.80. The first-order valence-corrected chi connectivity index (χ1v) is 11.6. The molecule has 1 amide bonds. The minimum Gasteiger partial charge on any atom is -0.353 e. The summed E-state index contributed by atoms with van der Waals surface area (Å²) in [5.74, 6) is 2.55. The van der Waals surface area contributed by atoms with E-state index in [-0.39, 0.29) is 11.8 Å². The van der Waals surface area contributed by atoms with E-state index in [4.69, 9.17) is 0 Å². The Morgan fingerprint density at radius 2 is 2.07 bits per heavy atom. The Hall–Kier alpha value is -2.17. The van der Waals surface area contributed by atoms with E-state index in [1.807, 2.05) is 12.1 Å². The van der Waals surface area contributed by atoms with Crippen molar-refractivity contribution in [3.05, 3.63) is 23.9 Å². The van der Waals surface area contributed by atoms with Gasteiger partial charge in [-0.1, -0.05) is 0 Å². The number of nitriles is 1. The molecule has 3 aliphatic heterocycles. The summed E-state index contributed by atoms with van der Waals surface area (Å²) in [7, 11) is 0. The van der Waals surface area contributed by atoms with Crippen molar-refractivity contribution < 1.29 is 4.79 Å². The zero-order chi connectivity index (χ0) is 20.5. The Morgan fingerprint density at radius 1 is 1.20 bits per heavy atom. The van der Waals surface area contributed by atoms with Crippen LogP contribution in [0.1, 0.15) is 37.7 Å². The summed E-state index contributed by atoms with van der Waals surface area (Å²) in [6.07, 6.45) is 7.54. The van der Waals surface area contributed by atoms with E-state index >= 15 is 0 Å². The van der Waals surface area contributed by atoms with Gasteiger partial charge in [0.05, 0.1) is 11.5 Å². The topological polar surface area (TPSA) is 84.3 Å². The molecule has 1 saturated carbocycles. The molecule has 0 spiro atoms. The fourth-order valence-corrected chi connectivity index (χ4v) is 6.23. The normalized spacial score (nSPS) is 34.4. The lowest BCUT2D eigenvalue weighted by molar-refractivity contribution is -0.133. The molecule has 4 fully saturated rings. The van der Waals surface area contributed by atoms with Crippen molar-refractivity contribution >= 4 is 11.7 Å². The van der Waals surface area contributed by atoms with Crippen LogP contribution in [0, 0.1) is 29.1 Å². The Balaban J connectivity index is 1.15. The second-order valence-electron chi connectivity index (χ2n) is 9.46. The largest absolute Gasteiger partial charge is 0.353 e. The number of hydrogen-bond donors (Lipinski definition) is 2. The molecule has 0 radical (unpaired) electrons. The van der Waals surface area contributed by atoms with Gasteiger partial charge in [-0.3, -0.25) is 9.69 Å². The van der Waals surface area contributed by atoms with Gasteiger partial charge in [0.15, 0.2) is 0 Å². The summed E-state index contributed by atoms with van der Waals surface area (Å²) in [6.45, 7) is 6.01. The maximum Gasteiger partial charge on any atom is 0.224 e. The first-order valence-electron chi connectivity index (χ1n) is 11.6. The number of aromatic nitrogens is 1. The molecule has 5 rings (SSSR count). The molecular weight excluding hydrogens is 376 g/mol. The van der Waals surface area contributed by atoms with Gasteiger partial charge in [0.25, 0.3) is 0 Å². The Kier molecular flexibility index (Phi) is 5.62. The Morgan fingerprint density at radius 3 is 2.90 bits per heavy atom. The number of nitrogens with one attached hydrogen (secondary N) is 2. The molecule has 160 valence electrons. The van der Waals surface area contributed by atoms with Gasteiger partial charge in [0.2, 0.25) is 5.91 Å². The highest BCUT2D eigenvalue weighted by atomic mass is 16.2. The third-order valence-corrected chi connectivity index (χ3v) is 7.74. The summed E-state index contributed by atoms with van der Waals surface area (Å²) in [6, 6.07) is 6.67. The fraction of sp³-hybridized carbons (Fsp3) is 0.696. The first kappa shape index (κ1) is 19.8.